The van der Waals surface area contributed by atoms with Crippen LogP contribution < -0.4 is 0 Å². The molecule has 0 spiro atoms. The average Bonchev–Trinajstić information content (AvgIpc) is 3.15. The van der Waals surface area contributed by atoms with Gasteiger partial charge in [0.05, 0.1) is 0 Å². The predicted octanol–water partition coefficient (Wildman–Crippen LogP) is 34.6. The fourth-order valence-electron chi connectivity index (χ4n) is 4.26. The fraction of sp³-hybridized carbons (Fsp3) is 0.958. The van der Waals surface area contributed by atoms with Crippen molar-refractivity contribution >= 4 is 755 Å². The highest BCUT2D eigenvalue weighted by Crippen LogP contribution is 2.86. The van der Waals surface area contributed by atoms with Crippen LogP contribution in [0.25, 0.3) is 0 Å². The molecule has 0 aromatic carbocycles. The third-order valence-corrected chi connectivity index (χ3v) is 110. The molecule has 0 aromatic heterocycles. The van der Waals surface area contributed by atoms with E-state index in [4.69, 9.17) is 0 Å². The normalized spacial score (nSPS) is 17.4. The standard InChI is InChI=1S/C24HBr47O2/c25-2(26,1(72)73)3(27,28)4(29,30)5(31,32)6(33,34)7(35,36)8(37,38)9(39,40)10(41,42)11(43,44)12(45,46)13(47,48)14(49,50)15(51,52)16(53,54)17(55,56)18(57,58)19(59,60)20(61,62)21(63,64)22(65,66)23(67,68)24(69,70)71/h(H,72,73). The molecule has 1 N–H and O–H groups in total. The minimum Gasteiger partial charge on any atom is -0.480 e. The van der Waals surface area contributed by atoms with E-state index in [0.29, 0.717) is 0 Å². The van der Waals surface area contributed by atoms with Crippen molar-refractivity contribution in [3.63, 3.8) is 0 Å². The van der Waals surface area contributed by atoms with Gasteiger partial charge in [-0.1, -0.05) is 749 Å². The topological polar surface area (TPSA) is 37.3 Å². The highest BCUT2D eigenvalue weighted by atomic mass is 80.0. The molecular formula is C24HBr47O2. The monoisotopic (exact) mass is 4030 g/mol. The summed E-state index contributed by atoms with van der Waals surface area (Å²) in [5.41, 5.74) is 0. The molecular weight excluding hydrogens is 4080 g/mol. The van der Waals surface area contributed by atoms with Crippen molar-refractivity contribution in [3.05, 3.63) is 0 Å². The van der Waals surface area contributed by atoms with Crippen molar-refractivity contribution in [2.24, 2.45) is 0 Å². The summed E-state index contributed by atoms with van der Waals surface area (Å²) in [6.07, 6.45) is 0. The first-order chi connectivity index (χ1) is 30.4. The summed E-state index contributed by atoms with van der Waals surface area (Å²) in [6.45, 7) is 0. The van der Waals surface area contributed by atoms with Crippen molar-refractivity contribution in [1.29, 1.82) is 0 Å². The van der Waals surface area contributed by atoms with Crippen LogP contribution in [0.15, 0.2) is 0 Å². The van der Waals surface area contributed by atoms with E-state index in [1.807, 2.05) is 0 Å². The van der Waals surface area contributed by atoms with Crippen molar-refractivity contribution < 1.29 is 9.90 Å². The second-order valence-corrected chi connectivity index (χ2v) is 95.9. The van der Waals surface area contributed by atoms with Gasteiger partial charge < -0.3 is 5.11 Å². The zero-order valence-electron chi connectivity index (χ0n) is 30.6. The van der Waals surface area contributed by atoms with Gasteiger partial charge in [0, 0.05) is 0 Å². The Kier molecular flexibility index (Phi) is 39.9. The minimum absolute atomic E-state index is 0.955. The quantitative estimate of drug-likeness (QED) is 0.110. The maximum Gasteiger partial charge on any atom is 0.333 e. The maximum atomic E-state index is 12.6. The van der Waals surface area contributed by atoms with Crippen LogP contribution in [0.1, 0.15) is 0 Å². The van der Waals surface area contributed by atoms with E-state index in [1.54, 1.807) is 0 Å². The lowest BCUT2D eigenvalue weighted by Gasteiger charge is -2.63. The summed E-state index contributed by atoms with van der Waals surface area (Å²) in [5, 5.41) is 10.3. The SMILES string of the molecule is O=C(O)C(Br)(Br)C(Br)(Br)C(Br)(Br)C(Br)(Br)C(Br)(Br)C(Br)(Br)C(Br)(Br)C(Br)(Br)C(Br)(Br)C(Br)(Br)C(Br)(Br)C(Br)(Br)C(Br)(Br)C(Br)(Br)C(Br)(Br)C(Br)(Br)C(Br)(Br)C(Br)(Br)C(Br)(Br)C(Br)(Br)C(Br)(Br)C(Br)(Br)C(Br)(Br)Br. The zero-order valence-corrected chi connectivity index (χ0v) is 105. The number of hydrogen-bond donors (Lipinski definition) is 1. The Labute approximate surface area is 816 Å². The van der Waals surface area contributed by atoms with Crippen LogP contribution in [0.4, 0.5) is 0 Å². The fourth-order valence-corrected chi connectivity index (χ4v) is 52.8. The molecule has 0 radical (unpaired) electrons. The molecule has 2 nitrogen and oxygen atoms in total. The van der Waals surface area contributed by atoms with Gasteiger partial charge in [0.25, 0.3) is 0 Å². The van der Waals surface area contributed by atoms with Crippen LogP contribution in [-0.4, -0.2) is 84.4 Å². The first-order valence-electron chi connectivity index (χ1n) is 15.1. The Morgan fingerprint density at radius 2 is 0.247 bits per heavy atom. The third-order valence-electron chi connectivity index (χ3n) is 8.91. The lowest BCUT2D eigenvalue weighted by molar-refractivity contribution is -0.137. The van der Waals surface area contributed by atoms with Gasteiger partial charge in [-0.15, -0.1) is 0 Å². The van der Waals surface area contributed by atoms with E-state index in [1.165, 1.54) is 0 Å². The van der Waals surface area contributed by atoms with Crippen LogP contribution in [0.2, 0.25) is 0 Å². The summed E-state index contributed by atoms with van der Waals surface area (Å²) in [6, 6.07) is 0. The van der Waals surface area contributed by atoms with E-state index in [0.717, 1.165) is 0 Å². The van der Waals surface area contributed by atoms with Gasteiger partial charge in [0.2, 0.25) is 3.23 Å². The summed E-state index contributed by atoms with van der Waals surface area (Å²) < 4.78 is -32.9. The summed E-state index contributed by atoms with van der Waals surface area (Å²) in [4.78, 5) is 12.6. The van der Waals surface area contributed by atoms with Crippen LogP contribution >= 0.6 is 749 Å². The Balaban J connectivity index is 8.17. The first-order valence-corrected chi connectivity index (χ1v) is 52.3. The number of halogens is 47. The Bertz CT molecular complexity index is 2040. The van der Waals surface area contributed by atoms with E-state index in [2.05, 4.69) is 749 Å². The lowest BCUT2D eigenvalue weighted by Crippen LogP contribution is -2.75. The number of carboxylic acid groups (broad SMARTS) is 1. The molecule has 438 valence electrons. The Hall–Kier alpha value is 22.0. The van der Waals surface area contributed by atoms with Crippen molar-refractivity contribution in [2.45, 2.75) is 73.3 Å². The zero-order chi connectivity index (χ0) is 61.1. The number of hydrogen-bond acceptors (Lipinski definition) is 1. The molecule has 0 unspecified atom stereocenters. The van der Waals surface area contributed by atoms with Crippen LogP contribution in [0.3, 0.4) is 0 Å². The van der Waals surface area contributed by atoms with E-state index >= 15 is 0 Å². The molecule has 0 fully saturated rings. The Morgan fingerprint density at radius 3 is 0.329 bits per heavy atom. The summed E-state index contributed by atoms with van der Waals surface area (Å²) in [7, 11) is 0. The van der Waals surface area contributed by atoms with Gasteiger partial charge in [-0.2, -0.15) is 0 Å². The number of alkyl halides is 47. The summed E-state index contributed by atoms with van der Waals surface area (Å²) in [5.74, 6) is -1.27. The largest absolute Gasteiger partial charge is 0.480 e. The predicted molar refractivity (Wildman–Crippen MR) is 490 cm³/mol. The van der Waals surface area contributed by atoms with Crippen molar-refractivity contribution in [2.75, 3.05) is 0 Å². The number of carbonyl (C=O) groups is 1. The van der Waals surface area contributed by atoms with E-state index in [9.17, 15) is 9.90 Å². The second-order valence-electron chi connectivity index (χ2n) is 13.4. The highest BCUT2D eigenvalue weighted by Gasteiger charge is 2.86. The Morgan fingerprint density at radius 1 is 0.164 bits per heavy atom. The van der Waals surface area contributed by atoms with Gasteiger partial charge in [-0.05, 0) is 0 Å². The van der Waals surface area contributed by atoms with E-state index < -0.39 is 79.2 Å². The van der Waals surface area contributed by atoms with Crippen LogP contribution in [0.5, 0.6) is 0 Å². The van der Waals surface area contributed by atoms with Gasteiger partial charge >= 0.3 is 5.97 Å². The smallest absolute Gasteiger partial charge is 0.333 e. The van der Waals surface area contributed by atoms with Crippen LogP contribution in [0, 0.1) is 0 Å². The number of rotatable bonds is 22. The first kappa shape index (κ1) is 95.0. The molecule has 0 atom stereocenters. The molecule has 49 heteroatoms. The molecule has 0 aliphatic rings. The van der Waals surface area contributed by atoms with Gasteiger partial charge in [0.1, 0.15) is 67.9 Å². The maximum absolute atomic E-state index is 12.6. The lowest BCUT2D eigenvalue weighted by atomic mass is 10.00. The number of aliphatic carboxylic acids is 1. The van der Waals surface area contributed by atoms with Gasteiger partial charge in [-0.3, -0.25) is 0 Å². The molecule has 0 heterocycles. The molecule has 0 rings (SSSR count). The summed E-state index contributed by atoms with van der Waals surface area (Å²) >= 11 is 184. The van der Waals surface area contributed by atoms with Crippen LogP contribution in [-0.2, 0) is 4.79 Å². The molecule has 0 aliphatic heterocycles. The molecule has 0 saturated carbocycles. The average molecular weight is 4080 g/mol. The highest BCUT2D eigenvalue weighted by molar-refractivity contribution is 9.44. The second kappa shape index (κ2) is 30.6. The molecule has 0 aromatic rings. The number of carboxylic acids is 1. The van der Waals surface area contributed by atoms with Gasteiger partial charge in [-0.25, -0.2) is 4.79 Å². The third kappa shape index (κ3) is 15.6. The molecule has 73 heavy (non-hydrogen) atoms. The molecule has 0 saturated heterocycles. The molecule has 0 aliphatic carbocycles. The minimum atomic E-state index is -1.84. The molecule has 0 bridgehead atoms. The van der Waals surface area contributed by atoms with Crippen molar-refractivity contribution in [1.82, 2.24) is 0 Å². The molecule has 0 amide bonds. The van der Waals surface area contributed by atoms with Gasteiger partial charge in [0.15, 0.2) is 2.14 Å². The van der Waals surface area contributed by atoms with E-state index in [-0.39, 0.29) is 0 Å². The van der Waals surface area contributed by atoms with Crippen molar-refractivity contribution in [3.8, 4) is 0 Å².